The van der Waals surface area contributed by atoms with Crippen LogP contribution in [0.15, 0.2) is 22.7 Å². The van der Waals surface area contributed by atoms with E-state index >= 15 is 0 Å². The number of alkyl halides is 2. The van der Waals surface area contributed by atoms with Crippen molar-refractivity contribution in [1.29, 1.82) is 0 Å². The summed E-state index contributed by atoms with van der Waals surface area (Å²) in [6.07, 6.45) is -0.142. The third-order valence-electron chi connectivity index (χ3n) is 2.38. The molecular formula is C10H7BrF2O. The van der Waals surface area contributed by atoms with E-state index in [2.05, 4.69) is 15.9 Å². The molecule has 4 heteroatoms. The van der Waals surface area contributed by atoms with Crippen molar-refractivity contribution in [3.63, 3.8) is 0 Å². The minimum absolute atomic E-state index is 0.149. The molecule has 0 saturated carbocycles. The predicted molar refractivity (Wildman–Crippen MR) is 51.7 cm³/mol. The van der Waals surface area contributed by atoms with E-state index in [-0.39, 0.29) is 18.4 Å². The monoisotopic (exact) mass is 260 g/mol. The van der Waals surface area contributed by atoms with Gasteiger partial charge in [0.2, 0.25) is 5.78 Å². The van der Waals surface area contributed by atoms with E-state index in [1.54, 1.807) is 12.1 Å². The SMILES string of the molecule is O=C1c2cccc(Br)c2CCC1(F)F. The summed E-state index contributed by atoms with van der Waals surface area (Å²) in [6, 6.07) is 4.81. The van der Waals surface area contributed by atoms with Gasteiger partial charge in [0.1, 0.15) is 0 Å². The van der Waals surface area contributed by atoms with E-state index in [0.29, 0.717) is 5.56 Å². The highest BCUT2D eigenvalue weighted by Gasteiger charge is 2.43. The Morgan fingerprint density at radius 1 is 1.36 bits per heavy atom. The molecule has 2 rings (SSSR count). The van der Waals surface area contributed by atoms with E-state index < -0.39 is 11.7 Å². The number of carbonyl (C=O) groups excluding carboxylic acids is 1. The van der Waals surface area contributed by atoms with Crippen LogP contribution in [0.3, 0.4) is 0 Å². The molecule has 0 unspecified atom stereocenters. The molecule has 1 aliphatic carbocycles. The Bertz CT molecular complexity index is 401. The number of ketones is 1. The van der Waals surface area contributed by atoms with E-state index in [1.807, 2.05) is 0 Å². The number of benzene rings is 1. The Balaban J connectivity index is 2.57. The highest BCUT2D eigenvalue weighted by Crippen LogP contribution is 2.35. The number of halogens is 3. The quantitative estimate of drug-likeness (QED) is 0.700. The smallest absolute Gasteiger partial charge is 0.287 e. The van der Waals surface area contributed by atoms with Crippen molar-refractivity contribution >= 4 is 21.7 Å². The number of Topliss-reactive ketones (excluding diaryl/α,β-unsaturated/α-hetero) is 1. The van der Waals surface area contributed by atoms with Crippen molar-refractivity contribution in [3.8, 4) is 0 Å². The summed E-state index contributed by atoms with van der Waals surface area (Å²) < 4.78 is 26.8. The van der Waals surface area contributed by atoms with Crippen LogP contribution in [0, 0.1) is 0 Å². The van der Waals surface area contributed by atoms with Gasteiger partial charge < -0.3 is 0 Å². The average molecular weight is 261 g/mol. The molecule has 0 bridgehead atoms. The van der Waals surface area contributed by atoms with Crippen molar-refractivity contribution in [2.24, 2.45) is 0 Å². The molecule has 0 fully saturated rings. The lowest BCUT2D eigenvalue weighted by Crippen LogP contribution is -2.34. The molecule has 0 amide bonds. The van der Waals surface area contributed by atoms with Crippen molar-refractivity contribution in [1.82, 2.24) is 0 Å². The maximum absolute atomic E-state index is 13.0. The van der Waals surface area contributed by atoms with Gasteiger partial charge in [0.25, 0.3) is 0 Å². The molecule has 0 radical (unpaired) electrons. The third-order valence-corrected chi connectivity index (χ3v) is 3.13. The molecule has 74 valence electrons. The zero-order valence-corrected chi connectivity index (χ0v) is 8.77. The molecule has 0 saturated heterocycles. The predicted octanol–water partition coefficient (Wildman–Crippen LogP) is 3.21. The summed E-state index contributed by atoms with van der Waals surface area (Å²) in [6.45, 7) is 0. The largest absolute Gasteiger partial charge is 0.310 e. The van der Waals surface area contributed by atoms with Crippen LogP contribution >= 0.6 is 15.9 Å². The molecule has 1 nitrogen and oxygen atoms in total. The summed E-state index contributed by atoms with van der Waals surface area (Å²) in [5, 5.41) is 0. The van der Waals surface area contributed by atoms with Gasteiger partial charge >= 0.3 is 5.92 Å². The number of rotatable bonds is 0. The first-order valence-corrected chi connectivity index (χ1v) is 5.02. The van der Waals surface area contributed by atoms with Crippen LogP contribution in [-0.2, 0) is 6.42 Å². The second-order valence-corrected chi connectivity index (χ2v) is 4.15. The number of hydrogen-bond donors (Lipinski definition) is 0. The lowest BCUT2D eigenvalue weighted by molar-refractivity contribution is 0.00197. The third kappa shape index (κ3) is 1.38. The fourth-order valence-corrected chi connectivity index (χ4v) is 2.18. The van der Waals surface area contributed by atoms with Crippen LogP contribution in [0.1, 0.15) is 22.3 Å². The van der Waals surface area contributed by atoms with Gasteiger partial charge in [0.05, 0.1) is 0 Å². The van der Waals surface area contributed by atoms with Gasteiger partial charge in [-0.2, -0.15) is 8.78 Å². The summed E-state index contributed by atoms with van der Waals surface area (Å²) in [4.78, 5) is 11.3. The molecular weight excluding hydrogens is 254 g/mol. The summed E-state index contributed by atoms with van der Waals surface area (Å²) >= 11 is 3.25. The molecule has 0 aromatic heterocycles. The maximum Gasteiger partial charge on any atom is 0.310 e. The topological polar surface area (TPSA) is 17.1 Å². The van der Waals surface area contributed by atoms with Crippen LogP contribution in [0.4, 0.5) is 8.78 Å². The van der Waals surface area contributed by atoms with E-state index in [9.17, 15) is 13.6 Å². The summed E-state index contributed by atoms with van der Waals surface area (Å²) in [7, 11) is 0. The van der Waals surface area contributed by atoms with Crippen molar-refractivity contribution in [2.75, 3.05) is 0 Å². The Hall–Kier alpha value is -0.770. The number of carbonyl (C=O) groups is 1. The zero-order valence-electron chi connectivity index (χ0n) is 7.19. The summed E-state index contributed by atoms with van der Waals surface area (Å²) in [5.41, 5.74) is 0.846. The van der Waals surface area contributed by atoms with Gasteiger partial charge in [-0.1, -0.05) is 28.1 Å². The lowest BCUT2D eigenvalue weighted by Gasteiger charge is -2.23. The van der Waals surface area contributed by atoms with Crippen LogP contribution in [0.2, 0.25) is 0 Å². The first kappa shape index (κ1) is 9.77. The summed E-state index contributed by atoms with van der Waals surface area (Å²) in [5.74, 6) is -4.24. The number of fused-ring (bicyclic) bond motifs is 1. The van der Waals surface area contributed by atoms with Gasteiger partial charge in [-0.25, -0.2) is 0 Å². The standard InChI is InChI=1S/C10H7BrF2O/c11-8-3-1-2-7-6(8)4-5-10(12,13)9(7)14/h1-3H,4-5H2. The van der Waals surface area contributed by atoms with E-state index in [4.69, 9.17) is 0 Å². The highest BCUT2D eigenvalue weighted by atomic mass is 79.9. The second kappa shape index (κ2) is 3.12. The molecule has 0 atom stereocenters. The Labute approximate surface area is 88.2 Å². The van der Waals surface area contributed by atoms with Gasteiger partial charge in [-0.15, -0.1) is 0 Å². The Morgan fingerprint density at radius 2 is 2.07 bits per heavy atom. The Kier molecular flexibility index (Phi) is 2.18. The van der Waals surface area contributed by atoms with Crippen LogP contribution < -0.4 is 0 Å². The fraction of sp³-hybridized carbons (Fsp3) is 0.300. The molecule has 1 aromatic rings. The van der Waals surface area contributed by atoms with Crippen molar-refractivity contribution < 1.29 is 13.6 Å². The molecule has 0 aliphatic heterocycles. The molecule has 0 heterocycles. The maximum atomic E-state index is 13.0. The second-order valence-electron chi connectivity index (χ2n) is 3.30. The molecule has 1 aliphatic rings. The normalized spacial score (nSPS) is 19.2. The first-order chi connectivity index (χ1) is 6.52. The molecule has 0 N–H and O–H groups in total. The molecule has 1 aromatic carbocycles. The Morgan fingerprint density at radius 3 is 2.79 bits per heavy atom. The van der Waals surface area contributed by atoms with Gasteiger partial charge in [0.15, 0.2) is 0 Å². The molecule has 0 spiro atoms. The van der Waals surface area contributed by atoms with Crippen LogP contribution in [0.25, 0.3) is 0 Å². The fourth-order valence-electron chi connectivity index (χ4n) is 1.62. The number of hydrogen-bond acceptors (Lipinski definition) is 1. The minimum atomic E-state index is -3.19. The van der Waals surface area contributed by atoms with E-state index in [0.717, 1.165) is 4.47 Å². The highest BCUT2D eigenvalue weighted by molar-refractivity contribution is 9.10. The van der Waals surface area contributed by atoms with Gasteiger partial charge in [-0.3, -0.25) is 4.79 Å². The zero-order chi connectivity index (χ0) is 10.3. The van der Waals surface area contributed by atoms with Crippen molar-refractivity contribution in [3.05, 3.63) is 33.8 Å². The average Bonchev–Trinajstić information content (AvgIpc) is 2.13. The van der Waals surface area contributed by atoms with Gasteiger partial charge in [0, 0.05) is 16.5 Å². The van der Waals surface area contributed by atoms with E-state index in [1.165, 1.54) is 6.07 Å². The molecule has 14 heavy (non-hydrogen) atoms. The van der Waals surface area contributed by atoms with Crippen LogP contribution in [-0.4, -0.2) is 11.7 Å². The first-order valence-electron chi connectivity index (χ1n) is 4.22. The van der Waals surface area contributed by atoms with Gasteiger partial charge in [-0.05, 0) is 18.1 Å². The lowest BCUT2D eigenvalue weighted by atomic mass is 9.88. The van der Waals surface area contributed by atoms with Crippen LogP contribution in [0.5, 0.6) is 0 Å². The van der Waals surface area contributed by atoms with Crippen molar-refractivity contribution in [2.45, 2.75) is 18.8 Å². The minimum Gasteiger partial charge on any atom is -0.287 e.